The molecule has 1 fully saturated rings. The van der Waals surface area contributed by atoms with E-state index >= 15 is 0 Å². The zero-order valence-corrected chi connectivity index (χ0v) is 22.0. The number of aromatic nitrogens is 1. The van der Waals surface area contributed by atoms with E-state index in [2.05, 4.69) is 9.89 Å². The van der Waals surface area contributed by atoms with Gasteiger partial charge < -0.3 is 18.8 Å². The average Bonchev–Trinajstić information content (AvgIpc) is 3.48. The van der Waals surface area contributed by atoms with Crippen LogP contribution in [0.2, 0.25) is 0 Å². The molecular formula is C26H27N3O5S2. The lowest BCUT2D eigenvalue weighted by Gasteiger charge is -2.26. The molecule has 0 saturated carbocycles. The standard InChI is InChI=1S/C26H27N3O5S2/c1-4-33-25(31)22-16(2)27-26-29(23(22)17-5-8-19(35-3)9-6-17)24(30)20(36-26)15-18-7-10-21(34-18)28-11-13-32-14-12-28/h5-10,15,23H,4,11-14H2,1-3H3/b20-15-/t23-/m0/s1. The average molecular weight is 526 g/mol. The van der Waals surface area contributed by atoms with Gasteiger partial charge in [-0.25, -0.2) is 9.79 Å². The fourth-order valence-electron chi connectivity index (χ4n) is 4.40. The number of fused-ring (bicyclic) bond motifs is 1. The number of allylic oxidation sites excluding steroid dienone is 1. The summed E-state index contributed by atoms with van der Waals surface area (Å²) in [6, 6.07) is 11.0. The van der Waals surface area contributed by atoms with Crippen LogP contribution in [0.25, 0.3) is 6.08 Å². The van der Waals surface area contributed by atoms with Gasteiger partial charge >= 0.3 is 5.97 Å². The van der Waals surface area contributed by atoms with Gasteiger partial charge in [0.25, 0.3) is 5.56 Å². The van der Waals surface area contributed by atoms with Gasteiger partial charge in [-0.2, -0.15) is 0 Å². The molecule has 0 spiro atoms. The van der Waals surface area contributed by atoms with Gasteiger partial charge in [0.15, 0.2) is 10.7 Å². The molecule has 188 valence electrons. The third kappa shape index (κ3) is 4.68. The van der Waals surface area contributed by atoms with Gasteiger partial charge in [-0.1, -0.05) is 23.5 Å². The summed E-state index contributed by atoms with van der Waals surface area (Å²) in [6.45, 7) is 6.64. The highest BCUT2D eigenvalue weighted by atomic mass is 32.2. The molecule has 0 amide bonds. The Bertz CT molecular complexity index is 1480. The van der Waals surface area contributed by atoms with Gasteiger partial charge in [-0.3, -0.25) is 9.36 Å². The summed E-state index contributed by atoms with van der Waals surface area (Å²) in [4.78, 5) is 35.1. The quantitative estimate of drug-likeness (QED) is 0.361. The number of hydrogen-bond donors (Lipinski definition) is 0. The van der Waals surface area contributed by atoms with Crippen LogP contribution in [0, 0.1) is 0 Å². The summed E-state index contributed by atoms with van der Waals surface area (Å²) in [5, 5.41) is 0. The lowest BCUT2D eigenvalue weighted by molar-refractivity contribution is -0.139. The number of ether oxygens (including phenoxy) is 2. The van der Waals surface area contributed by atoms with E-state index in [1.165, 1.54) is 11.3 Å². The molecular weight excluding hydrogens is 498 g/mol. The molecule has 2 aliphatic heterocycles. The molecule has 0 aliphatic carbocycles. The minimum Gasteiger partial charge on any atom is -0.463 e. The number of nitrogens with zero attached hydrogens (tertiary/aromatic N) is 3. The number of rotatable bonds is 6. The highest BCUT2D eigenvalue weighted by Crippen LogP contribution is 2.31. The number of carbonyl (C=O) groups excluding carboxylic acids is 1. The summed E-state index contributed by atoms with van der Waals surface area (Å²) < 4.78 is 18.9. The first-order chi connectivity index (χ1) is 17.5. The van der Waals surface area contributed by atoms with Gasteiger partial charge in [-0.15, -0.1) is 11.8 Å². The Kier molecular flexibility index (Phi) is 7.17. The van der Waals surface area contributed by atoms with Crippen LogP contribution in [0.5, 0.6) is 0 Å². The molecule has 2 aliphatic rings. The van der Waals surface area contributed by atoms with E-state index in [4.69, 9.17) is 13.9 Å². The largest absolute Gasteiger partial charge is 0.463 e. The molecule has 1 atom stereocenters. The Morgan fingerprint density at radius 1 is 1.22 bits per heavy atom. The number of hydrogen-bond acceptors (Lipinski definition) is 9. The number of anilines is 1. The van der Waals surface area contributed by atoms with Gasteiger partial charge in [-0.05, 0) is 43.9 Å². The number of thiazole rings is 1. The molecule has 2 aromatic heterocycles. The second-order valence-corrected chi connectivity index (χ2v) is 10.2. The van der Waals surface area contributed by atoms with Crippen molar-refractivity contribution in [1.29, 1.82) is 0 Å². The molecule has 5 rings (SSSR count). The van der Waals surface area contributed by atoms with Gasteiger partial charge in [0.05, 0.1) is 41.7 Å². The van der Waals surface area contributed by atoms with E-state index < -0.39 is 12.0 Å². The Balaban J connectivity index is 1.60. The van der Waals surface area contributed by atoms with E-state index in [1.807, 2.05) is 42.7 Å². The minimum atomic E-state index is -0.626. The molecule has 8 nitrogen and oxygen atoms in total. The summed E-state index contributed by atoms with van der Waals surface area (Å²) >= 11 is 2.91. The topological polar surface area (TPSA) is 86.3 Å². The third-order valence-corrected chi connectivity index (χ3v) is 7.88. The second-order valence-electron chi connectivity index (χ2n) is 8.35. The number of esters is 1. The minimum absolute atomic E-state index is 0.226. The van der Waals surface area contributed by atoms with Crippen molar-refractivity contribution in [3.63, 3.8) is 0 Å². The van der Waals surface area contributed by atoms with Gasteiger partial charge in [0.2, 0.25) is 0 Å². The van der Waals surface area contributed by atoms with Crippen LogP contribution >= 0.6 is 23.1 Å². The van der Waals surface area contributed by atoms with Crippen LogP contribution < -0.4 is 19.8 Å². The van der Waals surface area contributed by atoms with Crippen LogP contribution in [0.1, 0.15) is 31.2 Å². The molecule has 36 heavy (non-hydrogen) atoms. The van der Waals surface area contributed by atoms with E-state index in [0.717, 1.165) is 29.4 Å². The molecule has 4 heterocycles. The second kappa shape index (κ2) is 10.5. The normalized spacial score (nSPS) is 18.2. The Hall–Kier alpha value is -3.08. The van der Waals surface area contributed by atoms with Crippen molar-refractivity contribution in [2.24, 2.45) is 4.99 Å². The van der Waals surface area contributed by atoms with E-state index in [1.54, 1.807) is 36.3 Å². The van der Waals surface area contributed by atoms with Crippen LogP contribution in [-0.2, 0) is 14.3 Å². The van der Waals surface area contributed by atoms with Crippen molar-refractivity contribution >= 4 is 41.0 Å². The smallest absolute Gasteiger partial charge is 0.338 e. The molecule has 0 N–H and O–H groups in total. The summed E-state index contributed by atoms with van der Waals surface area (Å²) in [7, 11) is 0. The maximum absolute atomic E-state index is 13.7. The maximum atomic E-state index is 13.7. The van der Waals surface area contributed by atoms with Gasteiger partial charge in [0, 0.05) is 30.1 Å². The fourth-order valence-corrected chi connectivity index (χ4v) is 5.83. The fraction of sp³-hybridized carbons (Fsp3) is 0.346. The number of furan rings is 1. The molecule has 0 bridgehead atoms. The first kappa shape index (κ1) is 24.6. The number of thioether (sulfide) groups is 1. The van der Waals surface area contributed by atoms with E-state index in [0.29, 0.717) is 39.6 Å². The third-order valence-electron chi connectivity index (χ3n) is 6.16. The molecule has 1 aromatic carbocycles. The van der Waals surface area contributed by atoms with Crippen molar-refractivity contribution in [3.8, 4) is 0 Å². The van der Waals surface area contributed by atoms with Crippen molar-refractivity contribution in [3.05, 3.63) is 78.7 Å². The van der Waals surface area contributed by atoms with Crippen molar-refractivity contribution in [2.45, 2.75) is 24.8 Å². The SMILES string of the molecule is CCOC(=O)C1=C(C)N=c2s/c(=C\c3ccc(N4CCOCC4)o3)c(=O)n2[C@H]1c1ccc(SC)cc1. The zero-order chi connectivity index (χ0) is 25.2. The number of carbonyl (C=O) groups is 1. The van der Waals surface area contributed by atoms with Gasteiger partial charge in [0.1, 0.15) is 5.76 Å². The van der Waals surface area contributed by atoms with Crippen molar-refractivity contribution in [2.75, 3.05) is 44.1 Å². The predicted molar refractivity (Wildman–Crippen MR) is 140 cm³/mol. The Morgan fingerprint density at radius 2 is 1.97 bits per heavy atom. The molecule has 1 saturated heterocycles. The molecule has 0 unspecified atom stereocenters. The molecule has 0 radical (unpaired) electrons. The number of benzene rings is 1. The van der Waals surface area contributed by atoms with Crippen LogP contribution in [-0.4, -0.2) is 49.7 Å². The highest BCUT2D eigenvalue weighted by Gasteiger charge is 2.33. The zero-order valence-electron chi connectivity index (χ0n) is 20.4. The number of morpholine rings is 1. The van der Waals surface area contributed by atoms with Crippen LogP contribution in [0.4, 0.5) is 5.88 Å². The Labute approximate surface area is 216 Å². The highest BCUT2D eigenvalue weighted by molar-refractivity contribution is 7.98. The lowest BCUT2D eigenvalue weighted by Crippen LogP contribution is -2.39. The molecule has 3 aromatic rings. The summed E-state index contributed by atoms with van der Waals surface area (Å²) in [6.07, 6.45) is 3.75. The van der Waals surface area contributed by atoms with Crippen molar-refractivity contribution < 1.29 is 18.7 Å². The lowest BCUT2D eigenvalue weighted by atomic mass is 9.96. The first-order valence-electron chi connectivity index (χ1n) is 11.8. The summed E-state index contributed by atoms with van der Waals surface area (Å²) in [5.74, 6) is 0.877. The van der Waals surface area contributed by atoms with E-state index in [-0.39, 0.29) is 12.2 Å². The first-order valence-corrected chi connectivity index (χ1v) is 13.8. The predicted octanol–water partition coefficient (Wildman–Crippen LogP) is 2.95. The van der Waals surface area contributed by atoms with Crippen LogP contribution in [0.15, 0.2) is 66.8 Å². The van der Waals surface area contributed by atoms with E-state index in [9.17, 15) is 9.59 Å². The monoisotopic (exact) mass is 525 g/mol. The Morgan fingerprint density at radius 3 is 2.67 bits per heavy atom. The maximum Gasteiger partial charge on any atom is 0.338 e. The van der Waals surface area contributed by atoms with Crippen molar-refractivity contribution in [1.82, 2.24) is 4.57 Å². The summed E-state index contributed by atoms with van der Waals surface area (Å²) in [5.41, 5.74) is 1.52. The van der Waals surface area contributed by atoms with Crippen LogP contribution in [0.3, 0.4) is 0 Å². The molecule has 10 heteroatoms.